The molecule has 0 aliphatic rings. The number of carboxylic acid groups (broad SMARTS) is 1. The van der Waals surface area contributed by atoms with Crippen LogP contribution in [-0.4, -0.2) is 28.0 Å². The quantitative estimate of drug-likeness (QED) is 0.357. The van der Waals surface area contributed by atoms with Crippen molar-refractivity contribution in [3.8, 4) is 22.6 Å². The van der Waals surface area contributed by atoms with E-state index in [0.717, 1.165) is 28.1 Å². The molecule has 2 heterocycles. The van der Waals surface area contributed by atoms with Crippen LogP contribution in [0.2, 0.25) is 4.34 Å². The van der Waals surface area contributed by atoms with Crippen LogP contribution in [-0.2, 0) is 0 Å². The van der Waals surface area contributed by atoms with E-state index in [0.29, 0.717) is 21.6 Å². The molecule has 4 rings (SSSR count). The lowest BCUT2D eigenvalue weighted by Crippen LogP contribution is -2.08. The first-order chi connectivity index (χ1) is 14.9. The van der Waals surface area contributed by atoms with Crippen molar-refractivity contribution in [1.82, 2.24) is 9.78 Å². The van der Waals surface area contributed by atoms with Crippen LogP contribution in [0.3, 0.4) is 0 Å². The van der Waals surface area contributed by atoms with E-state index in [4.69, 9.17) is 21.4 Å². The van der Waals surface area contributed by atoms with Crippen molar-refractivity contribution >= 4 is 40.4 Å². The van der Waals surface area contributed by atoms with Gasteiger partial charge < -0.3 is 15.2 Å². The minimum Gasteiger partial charge on any atom is -0.497 e. The highest BCUT2D eigenvalue weighted by Gasteiger charge is 2.22. The molecular weight excluding hydrogens is 434 g/mol. The number of thiophene rings is 1. The molecule has 0 atom stereocenters. The minimum absolute atomic E-state index is 0.101. The van der Waals surface area contributed by atoms with E-state index in [1.807, 2.05) is 49.6 Å². The molecule has 2 aromatic heterocycles. The van der Waals surface area contributed by atoms with E-state index in [1.165, 1.54) is 24.5 Å². The van der Waals surface area contributed by atoms with E-state index < -0.39 is 5.97 Å². The van der Waals surface area contributed by atoms with Crippen molar-refractivity contribution < 1.29 is 14.6 Å². The molecule has 6 nitrogen and oxygen atoms in total. The number of carbonyl (C=O) groups is 1. The number of ether oxygens (including phenoxy) is 1. The highest BCUT2D eigenvalue weighted by Crippen LogP contribution is 2.39. The number of benzene rings is 2. The summed E-state index contributed by atoms with van der Waals surface area (Å²) in [4.78, 5) is 11.9. The molecule has 0 fully saturated rings. The van der Waals surface area contributed by atoms with E-state index in [1.54, 1.807) is 16.8 Å². The predicted octanol–water partition coefficient (Wildman–Crippen LogP) is 6.32. The van der Waals surface area contributed by atoms with Crippen LogP contribution in [0.4, 0.5) is 11.5 Å². The first-order valence-electron chi connectivity index (χ1n) is 9.47. The van der Waals surface area contributed by atoms with Gasteiger partial charge in [0, 0.05) is 10.9 Å². The number of anilines is 2. The fourth-order valence-corrected chi connectivity index (χ4v) is 4.34. The lowest BCUT2D eigenvalue weighted by molar-refractivity contribution is 0.0697. The van der Waals surface area contributed by atoms with E-state index in [-0.39, 0.29) is 5.56 Å². The Balaban J connectivity index is 1.94. The lowest BCUT2D eigenvalue weighted by Gasteiger charge is -2.15. The Kier molecular flexibility index (Phi) is 5.71. The van der Waals surface area contributed by atoms with Crippen LogP contribution in [0.25, 0.3) is 16.8 Å². The van der Waals surface area contributed by atoms with Gasteiger partial charge in [-0.15, -0.1) is 11.3 Å². The van der Waals surface area contributed by atoms with Gasteiger partial charge in [-0.05, 0) is 55.3 Å². The number of nitrogens with one attached hydrogen (secondary N) is 1. The Labute approximate surface area is 188 Å². The zero-order valence-electron chi connectivity index (χ0n) is 17.1. The van der Waals surface area contributed by atoms with Crippen LogP contribution < -0.4 is 10.1 Å². The maximum absolute atomic E-state index is 11.9. The number of aryl methyl sites for hydroxylation is 2. The second kappa shape index (κ2) is 8.45. The number of aromatic nitrogens is 2. The van der Waals surface area contributed by atoms with E-state index in [9.17, 15) is 9.90 Å². The van der Waals surface area contributed by atoms with Crippen molar-refractivity contribution in [3.63, 3.8) is 0 Å². The molecule has 158 valence electrons. The number of hydrogen-bond donors (Lipinski definition) is 2. The highest BCUT2D eigenvalue weighted by molar-refractivity contribution is 7.14. The first-order valence-corrected chi connectivity index (χ1v) is 10.7. The van der Waals surface area contributed by atoms with Crippen molar-refractivity contribution in [2.45, 2.75) is 13.8 Å². The van der Waals surface area contributed by atoms with Gasteiger partial charge in [-0.25, -0.2) is 9.48 Å². The Morgan fingerprint density at radius 2 is 1.97 bits per heavy atom. The topological polar surface area (TPSA) is 76.4 Å². The van der Waals surface area contributed by atoms with Gasteiger partial charge >= 0.3 is 5.97 Å². The number of hydrogen-bond acceptors (Lipinski definition) is 5. The number of carboxylic acids is 1. The van der Waals surface area contributed by atoms with Gasteiger partial charge in [0.1, 0.15) is 11.6 Å². The maximum atomic E-state index is 11.9. The van der Waals surface area contributed by atoms with Crippen molar-refractivity contribution in [2.75, 3.05) is 12.4 Å². The van der Waals surface area contributed by atoms with Crippen molar-refractivity contribution in [2.24, 2.45) is 0 Å². The third-order valence-corrected chi connectivity index (χ3v) is 6.06. The summed E-state index contributed by atoms with van der Waals surface area (Å²) in [5.41, 5.74) is 5.04. The fraction of sp³-hybridized carbons (Fsp3) is 0.130. The third-order valence-electron chi connectivity index (χ3n) is 4.97. The second-order valence-electron chi connectivity index (χ2n) is 6.99. The molecule has 0 unspecified atom stereocenters. The van der Waals surface area contributed by atoms with Crippen LogP contribution >= 0.6 is 22.9 Å². The number of nitrogens with zero attached hydrogens (tertiary/aromatic N) is 2. The van der Waals surface area contributed by atoms with E-state index >= 15 is 0 Å². The predicted molar refractivity (Wildman–Crippen MR) is 125 cm³/mol. The van der Waals surface area contributed by atoms with Crippen molar-refractivity contribution in [1.29, 1.82) is 0 Å². The standard InChI is InChI=1S/C23H20ClN3O3S/c1-13-6-4-5-7-19(13)27-22(21(14(2)26-27)15-10-20(24)31-12-15)25-18-9-8-16(30-3)11-17(18)23(28)29/h4-12,25H,1-3H3,(H,28,29). The molecule has 0 amide bonds. The number of rotatable bonds is 6. The number of para-hydroxylation sites is 1. The van der Waals surface area contributed by atoms with Crippen molar-refractivity contribution in [3.05, 3.63) is 75.1 Å². The smallest absolute Gasteiger partial charge is 0.337 e. The lowest BCUT2D eigenvalue weighted by atomic mass is 10.1. The van der Waals surface area contributed by atoms with Crippen LogP contribution in [0.15, 0.2) is 53.9 Å². The molecule has 31 heavy (non-hydrogen) atoms. The van der Waals surface area contributed by atoms with Gasteiger partial charge in [0.25, 0.3) is 0 Å². The average molecular weight is 454 g/mol. The van der Waals surface area contributed by atoms with Gasteiger partial charge in [-0.3, -0.25) is 0 Å². The SMILES string of the molecule is COc1ccc(Nc2c(-c3csc(Cl)c3)c(C)nn2-c2ccccc2C)c(C(=O)O)c1. The Bertz CT molecular complexity index is 1280. The normalized spacial score (nSPS) is 10.8. The van der Waals surface area contributed by atoms with Gasteiger partial charge in [0.05, 0.1) is 34.1 Å². The molecule has 0 radical (unpaired) electrons. The largest absolute Gasteiger partial charge is 0.497 e. The summed E-state index contributed by atoms with van der Waals surface area (Å²) in [6.45, 7) is 3.93. The summed E-state index contributed by atoms with van der Waals surface area (Å²) in [6, 6.07) is 14.7. The second-order valence-corrected chi connectivity index (χ2v) is 8.53. The molecule has 0 aliphatic heterocycles. The molecule has 0 saturated carbocycles. The molecule has 0 bridgehead atoms. The Morgan fingerprint density at radius 3 is 2.61 bits per heavy atom. The summed E-state index contributed by atoms with van der Waals surface area (Å²) in [6.07, 6.45) is 0. The molecule has 2 N–H and O–H groups in total. The Morgan fingerprint density at radius 1 is 1.19 bits per heavy atom. The summed E-state index contributed by atoms with van der Waals surface area (Å²) in [5, 5.41) is 19.8. The molecular formula is C23H20ClN3O3S. The molecule has 0 saturated heterocycles. The maximum Gasteiger partial charge on any atom is 0.337 e. The van der Waals surface area contributed by atoms with E-state index in [2.05, 4.69) is 5.32 Å². The Hall–Kier alpha value is -3.29. The zero-order valence-corrected chi connectivity index (χ0v) is 18.7. The number of aromatic carboxylic acids is 1. The fourth-order valence-electron chi connectivity index (χ4n) is 3.47. The number of halogens is 1. The van der Waals surface area contributed by atoms with Gasteiger partial charge in [0.15, 0.2) is 0 Å². The molecule has 0 aliphatic carbocycles. The molecule has 2 aromatic carbocycles. The number of methoxy groups -OCH3 is 1. The van der Waals surface area contributed by atoms with Crippen LogP contribution in [0, 0.1) is 13.8 Å². The summed E-state index contributed by atoms with van der Waals surface area (Å²) in [7, 11) is 1.50. The van der Waals surface area contributed by atoms with Crippen LogP contribution in [0.1, 0.15) is 21.6 Å². The monoisotopic (exact) mass is 453 g/mol. The average Bonchev–Trinajstić information content (AvgIpc) is 3.31. The van der Waals surface area contributed by atoms with Gasteiger partial charge in [0.2, 0.25) is 0 Å². The first kappa shape index (κ1) is 21.0. The summed E-state index contributed by atoms with van der Waals surface area (Å²) in [5.74, 6) is 0.0746. The third kappa shape index (κ3) is 4.02. The van der Waals surface area contributed by atoms with Crippen LogP contribution in [0.5, 0.6) is 5.75 Å². The van der Waals surface area contributed by atoms with Gasteiger partial charge in [-0.2, -0.15) is 5.10 Å². The summed E-state index contributed by atoms with van der Waals surface area (Å²) >= 11 is 7.64. The zero-order chi connectivity index (χ0) is 22.1. The molecule has 0 spiro atoms. The minimum atomic E-state index is -1.06. The van der Waals surface area contributed by atoms with Gasteiger partial charge in [-0.1, -0.05) is 29.8 Å². The molecule has 4 aromatic rings. The highest BCUT2D eigenvalue weighted by atomic mass is 35.5. The molecule has 8 heteroatoms. The summed E-state index contributed by atoms with van der Waals surface area (Å²) < 4.78 is 7.67.